The van der Waals surface area contributed by atoms with Crippen LogP contribution in [0.25, 0.3) is 0 Å². The molecule has 0 nitrogen and oxygen atoms in total. The normalized spacial score (nSPS) is 11.8. The minimum atomic E-state index is 0.288. The van der Waals surface area contributed by atoms with Gasteiger partial charge in [-0.25, -0.2) is 0 Å². The van der Waals surface area contributed by atoms with E-state index in [4.69, 9.17) is 11.6 Å². The van der Waals surface area contributed by atoms with Gasteiger partial charge in [0, 0.05) is 20.0 Å². The molecule has 0 bridgehead atoms. The van der Waals surface area contributed by atoms with Gasteiger partial charge < -0.3 is 0 Å². The van der Waals surface area contributed by atoms with Crippen LogP contribution in [0.2, 0.25) is 5.02 Å². The lowest BCUT2D eigenvalue weighted by Gasteiger charge is -2.17. The third-order valence-corrected chi connectivity index (χ3v) is 3.84. The van der Waals surface area contributed by atoms with Crippen molar-refractivity contribution in [3.63, 3.8) is 0 Å². The molecule has 0 saturated carbocycles. The summed E-state index contributed by atoms with van der Waals surface area (Å²) < 4.78 is 1.32. The lowest BCUT2D eigenvalue weighted by Crippen LogP contribution is -2.07. The largest absolute Gasteiger partial charge is 0.151 e. The van der Waals surface area contributed by atoms with Gasteiger partial charge in [-0.1, -0.05) is 54.4 Å². The van der Waals surface area contributed by atoms with Crippen LogP contribution in [0, 0.1) is 0 Å². The van der Waals surface area contributed by atoms with Crippen LogP contribution in [0.3, 0.4) is 0 Å². The summed E-state index contributed by atoms with van der Waals surface area (Å²) >= 11 is 11.4. The molecule has 0 spiro atoms. The number of hydrogen-bond donors (Lipinski definition) is 0. The molecule has 0 amide bonds. The standard InChI is InChI=1S/C11H14BrClS/c1-11(2,3)14-7-8-4-5-9(12)6-10(8)13/h4-6H,7H2,1-3H3. The predicted octanol–water partition coefficient (Wildman–Crippen LogP) is 5.13. The van der Waals surface area contributed by atoms with Crippen LogP contribution in [0.4, 0.5) is 0 Å². The highest BCUT2D eigenvalue weighted by molar-refractivity contribution is 9.10. The van der Waals surface area contributed by atoms with E-state index in [9.17, 15) is 0 Å². The Kier molecular flexibility index (Phi) is 4.35. The minimum Gasteiger partial charge on any atom is -0.151 e. The molecular formula is C11H14BrClS. The van der Waals surface area contributed by atoms with E-state index in [1.54, 1.807) is 0 Å². The Hall–Kier alpha value is 0.340. The summed E-state index contributed by atoms with van der Waals surface area (Å²) in [6, 6.07) is 6.05. The van der Waals surface area contributed by atoms with Crippen LogP contribution in [-0.4, -0.2) is 4.75 Å². The molecule has 78 valence electrons. The maximum absolute atomic E-state index is 6.12. The van der Waals surface area contributed by atoms with Crippen LogP contribution in [-0.2, 0) is 5.75 Å². The molecule has 14 heavy (non-hydrogen) atoms. The van der Waals surface area contributed by atoms with E-state index in [0.717, 1.165) is 15.2 Å². The van der Waals surface area contributed by atoms with Crippen molar-refractivity contribution in [2.24, 2.45) is 0 Å². The average molecular weight is 294 g/mol. The van der Waals surface area contributed by atoms with E-state index in [1.807, 2.05) is 23.9 Å². The Labute approximate surface area is 104 Å². The molecule has 0 aliphatic heterocycles. The van der Waals surface area contributed by atoms with Gasteiger partial charge >= 0.3 is 0 Å². The van der Waals surface area contributed by atoms with Gasteiger partial charge in [-0.05, 0) is 17.7 Å². The van der Waals surface area contributed by atoms with Crippen molar-refractivity contribution in [1.29, 1.82) is 0 Å². The lowest BCUT2D eigenvalue weighted by molar-refractivity contribution is 0.802. The molecule has 0 atom stereocenters. The molecule has 3 heteroatoms. The number of hydrogen-bond acceptors (Lipinski definition) is 1. The maximum Gasteiger partial charge on any atom is 0.0457 e. The fourth-order valence-corrected chi connectivity index (χ4v) is 2.59. The van der Waals surface area contributed by atoms with Crippen molar-refractivity contribution < 1.29 is 0 Å². The highest BCUT2D eigenvalue weighted by atomic mass is 79.9. The maximum atomic E-state index is 6.12. The molecule has 0 unspecified atom stereocenters. The van der Waals surface area contributed by atoms with Crippen LogP contribution in [0.1, 0.15) is 26.3 Å². The molecule has 0 aliphatic rings. The van der Waals surface area contributed by atoms with Crippen molar-refractivity contribution in [3.8, 4) is 0 Å². The molecule has 0 saturated heterocycles. The van der Waals surface area contributed by atoms with Crippen LogP contribution >= 0.6 is 39.3 Å². The van der Waals surface area contributed by atoms with Crippen molar-refractivity contribution in [3.05, 3.63) is 33.3 Å². The molecule has 0 aromatic heterocycles. The van der Waals surface area contributed by atoms with E-state index in [0.29, 0.717) is 0 Å². The summed E-state index contributed by atoms with van der Waals surface area (Å²) in [4.78, 5) is 0. The Morgan fingerprint density at radius 2 is 2.00 bits per heavy atom. The Morgan fingerprint density at radius 3 is 2.50 bits per heavy atom. The van der Waals surface area contributed by atoms with Crippen molar-refractivity contribution in [2.75, 3.05) is 0 Å². The highest BCUT2D eigenvalue weighted by Crippen LogP contribution is 2.31. The second kappa shape index (κ2) is 4.91. The summed E-state index contributed by atoms with van der Waals surface area (Å²) in [5.41, 5.74) is 1.20. The minimum absolute atomic E-state index is 0.288. The zero-order chi connectivity index (χ0) is 10.8. The molecular weight excluding hydrogens is 280 g/mol. The van der Waals surface area contributed by atoms with Gasteiger partial charge in [-0.3, -0.25) is 0 Å². The third-order valence-electron chi connectivity index (χ3n) is 1.68. The van der Waals surface area contributed by atoms with Crippen LogP contribution < -0.4 is 0 Å². The zero-order valence-electron chi connectivity index (χ0n) is 8.60. The first-order valence-electron chi connectivity index (χ1n) is 4.46. The van der Waals surface area contributed by atoms with Gasteiger partial charge in [-0.15, -0.1) is 0 Å². The van der Waals surface area contributed by atoms with Gasteiger partial charge in [0.25, 0.3) is 0 Å². The molecule has 1 rings (SSSR count). The Balaban J connectivity index is 2.68. The number of benzene rings is 1. The van der Waals surface area contributed by atoms with Gasteiger partial charge in [0.15, 0.2) is 0 Å². The molecule has 0 aliphatic carbocycles. The van der Waals surface area contributed by atoms with Gasteiger partial charge in [-0.2, -0.15) is 11.8 Å². The fraction of sp³-hybridized carbons (Fsp3) is 0.455. The topological polar surface area (TPSA) is 0 Å². The summed E-state index contributed by atoms with van der Waals surface area (Å²) in [6.07, 6.45) is 0. The average Bonchev–Trinajstić information content (AvgIpc) is 2.00. The highest BCUT2D eigenvalue weighted by Gasteiger charge is 2.11. The summed E-state index contributed by atoms with van der Waals surface area (Å²) in [5, 5.41) is 0.844. The van der Waals surface area contributed by atoms with E-state index in [2.05, 4.69) is 42.8 Å². The van der Waals surface area contributed by atoms with E-state index >= 15 is 0 Å². The number of halogens is 2. The molecule has 0 fully saturated rings. The second-order valence-corrected chi connectivity index (χ2v) is 7.26. The Bertz CT molecular complexity index is 318. The molecule has 1 aromatic rings. The summed E-state index contributed by atoms with van der Waals surface area (Å²) in [6.45, 7) is 6.64. The van der Waals surface area contributed by atoms with Crippen LogP contribution in [0.5, 0.6) is 0 Å². The first kappa shape index (κ1) is 12.4. The zero-order valence-corrected chi connectivity index (χ0v) is 11.8. The van der Waals surface area contributed by atoms with Crippen LogP contribution in [0.15, 0.2) is 22.7 Å². The molecule has 0 radical (unpaired) electrons. The van der Waals surface area contributed by atoms with E-state index < -0.39 is 0 Å². The van der Waals surface area contributed by atoms with Crippen molar-refractivity contribution >= 4 is 39.3 Å². The monoisotopic (exact) mass is 292 g/mol. The van der Waals surface area contributed by atoms with Crippen molar-refractivity contribution in [1.82, 2.24) is 0 Å². The predicted molar refractivity (Wildman–Crippen MR) is 70.2 cm³/mol. The van der Waals surface area contributed by atoms with Gasteiger partial charge in [0.1, 0.15) is 0 Å². The molecule has 0 heterocycles. The molecule has 0 N–H and O–H groups in total. The third kappa shape index (κ3) is 4.24. The second-order valence-electron chi connectivity index (χ2n) is 4.14. The van der Waals surface area contributed by atoms with Gasteiger partial charge in [0.2, 0.25) is 0 Å². The number of rotatable bonds is 2. The first-order valence-corrected chi connectivity index (χ1v) is 6.62. The van der Waals surface area contributed by atoms with E-state index in [1.165, 1.54) is 5.56 Å². The fourth-order valence-electron chi connectivity index (χ4n) is 0.933. The first-order chi connectivity index (χ1) is 6.38. The lowest BCUT2D eigenvalue weighted by atomic mass is 10.2. The summed E-state index contributed by atoms with van der Waals surface area (Å²) in [5.74, 6) is 0.968. The summed E-state index contributed by atoms with van der Waals surface area (Å²) in [7, 11) is 0. The quantitative estimate of drug-likeness (QED) is 0.728. The molecule has 1 aromatic carbocycles. The van der Waals surface area contributed by atoms with Gasteiger partial charge in [0.05, 0.1) is 0 Å². The van der Waals surface area contributed by atoms with E-state index in [-0.39, 0.29) is 4.75 Å². The smallest absolute Gasteiger partial charge is 0.0457 e. The van der Waals surface area contributed by atoms with Crippen molar-refractivity contribution in [2.45, 2.75) is 31.3 Å². The SMILES string of the molecule is CC(C)(C)SCc1ccc(Br)cc1Cl. The number of thioether (sulfide) groups is 1. The Morgan fingerprint density at radius 1 is 1.36 bits per heavy atom.